The van der Waals surface area contributed by atoms with Crippen molar-refractivity contribution in [2.24, 2.45) is 5.28 Å². The Hall–Kier alpha value is -2.84. The summed E-state index contributed by atoms with van der Waals surface area (Å²) in [6.45, 7) is -1.10. The van der Waals surface area contributed by atoms with E-state index in [0.29, 0.717) is 5.56 Å². The highest BCUT2D eigenvalue weighted by Gasteiger charge is 2.11. The number of aliphatic carboxylic acids is 1. The van der Waals surface area contributed by atoms with Gasteiger partial charge in [0.05, 0.1) is 17.6 Å². The number of benzene rings is 1. The second kappa shape index (κ2) is 7.56. The van der Waals surface area contributed by atoms with Gasteiger partial charge in [0.15, 0.2) is 6.54 Å². The van der Waals surface area contributed by atoms with Gasteiger partial charge >= 0.3 is 11.9 Å². The topological polar surface area (TPSA) is 114 Å². The van der Waals surface area contributed by atoms with E-state index in [4.69, 9.17) is 5.11 Å². The summed E-state index contributed by atoms with van der Waals surface area (Å²) in [4.78, 5) is 26.2. The first-order chi connectivity index (χ1) is 9.50. The van der Waals surface area contributed by atoms with E-state index >= 15 is 0 Å². The zero-order valence-electron chi connectivity index (χ0n) is 10.6. The number of nitrogens with zero attached hydrogens (tertiary/aromatic N) is 3. The van der Waals surface area contributed by atoms with Gasteiger partial charge in [-0.3, -0.25) is 4.79 Å². The number of carbonyl (C=O) groups is 2. The van der Waals surface area contributed by atoms with E-state index in [1.807, 2.05) is 0 Å². The maximum atomic E-state index is 11.4. The number of hydrogen-bond donors (Lipinski definition) is 1. The minimum Gasteiger partial charge on any atom is -0.569 e. The molecule has 1 N–H and O–H groups in total. The summed E-state index contributed by atoms with van der Waals surface area (Å²) in [7, 11) is 1.21. The molecule has 0 atom stereocenters. The Morgan fingerprint density at radius 2 is 2.05 bits per heavy atom. The number of carboxylic acids is 1. The predicted molar refractivity (Wildman–Crippen MR) is 64.1 cm³/mol. The third-order valence-electron chi connectivity index (χ3n) is 2.04. The summed E-state index contributed by atoms with van der Waals surface area (Å²) in [6, 6.07) is 8.19. The highest BCUT2D eigenvalue weighted by molar-refractivity contribution is 5.89. The maximum absolute atomic E-state index is 11.4. The summed E-state index contributed by atoms with van der Waals surface area (Å²) < 4.78 is 4.68. The fraction of sp³-hybridized carbons (Fsp3) is 0.273. The van der Waals surface area contributed by atoms with Crippen LogP contribution in [0.5, 0.6) is 0 Å². The third kappa shape index (κ3) is 5.21. The van der Waals surface area contributed by atoms with Crippen LogP contribution in [0.3, 0.4) is 0 Å². The normalized spacial score (nSPS) is 10.8. The predicted octanol–water partition coefficient (Wildman–Crippen LogP) is 0.626. The minimum atomic E-state index is -1.20. The van der Waals surface area contributed by atoms with Crippen LogP contribution in [-0.2, 0) is 14.4 Å². The van der Waals surface area contributed by atoms with Crippen LogP contribution < -0.4 is 0 Å². The fourth-order valence-electron chi connectivity index (χ4n) is 1.13. The van der Waals surface area contributed by atoms with E-state index in [-0.39, 0.29) is 4.97 Å². The van der Waals surface area contributed by atoms with E-state index in [0.717, 1.165) is 5.01 Å². The molecule has 0 aliphatic heterocycles. The lowest BCUT2D eigenvalue weighted by molar-refractivity contribution is -0.704. The molecule has 0 fully saturated rings. The summed E-state index contributed by atoms with van der Waals surface area (Å²) in [5, 5.41) is 23.3. The average molecular weight is 283 g/mol. The van der Waals surface area contributed by atoms with E-state index in [1.165, 1.54) is 7.05 Å². The summed E-state index contributed by atoms with van der Waals surface area (Å²) in [5.41, 5.74) is 0.332. The van der Waals surface area contributed by atoms with Crippen LogP contribution in [0.2, 0.25) is 0 Å². The lowest BCUT2D eigenvalue weighted by Crippen LogP contribution is -2.31. The molecular weight excluding hydrogens is 270 g/mol. The van der Waals surface area contributed by atoms with Gasteiger partial charge in [-0.2, -0.15) is 0 Å². The van der Waals surface area contributed by atoms with Crippen molar-refractivity contribution in [3.63, 3.8) is 0 Å². The molecule has 1 aromatic rings. The Bertz CT molecular complexity index is 490. The molecular formula is C11H13N3O6. The van der Waals surface area contributed by atoms with Crippen molar-refractivity contribution in [2.45, 2.75) is 0 Å². The van der Waals surface area contributed by atoms with Crippen LogP contribution in [0.15, 0.2) is 35.6 Å². The van der Waals surface area contributed by atoms with Gasteiger partial charge in [0.2, 0.25) is 5.28 Å². The summed E-state index contributed by atoms with van der Waals surface area (Å²) in [5.74, 6) is -1.82. The van der Waals surface area contributed by atoms with Gasteiger partial charge in [-0.05, 0) is 12.1 Å². The fourth-order valence-corrected chi connectivity index (χ4v) is 1.13. The first-order valence-corrected chi connectivity index (χ1v) is 5.46. The van der Waals surface area contributed by atoms with Crippen LogP contribution in [0.4, 0.5) is 0 Å². The first-order valence-electron chi connectivity index (χ1n) is 5.46. The van der Waals surface area contributed by atoms with E-state index in [2.05, 4.69) is 14.9 Å². The molecule has 0 unspecified atom stereocenters. The molecule has 0 aliphatic carbocycles. The monoisotopic (exact) mass is 283 g/mol. The SMILES string of the molecule is CN(CC(=O)O)/[N+]([O-])=N\OCOC(=O)c1ccccc1. The van der Waals surface area contributed by atoms with E-state index < -0.39 is 25.3 Å². The lowest BCUT2D eigenvalue weighted by atomic mass is 10.2. The number of hydrogen-bond acceptors (Lipinski definition) is 6. The number of ether oxygens (including phenoxy) is 1. The zero-order chi connectivity index (χ0) is 15.0. The van der Waals surface area contributed by atoms with Crippen molar-refractivity contribution in [3.8, 4) is 0 Å². The Morgan fingerprint density at radius 3 is 2.65 bits per heavy atom. The van der Waals surface area contributed by atoms with E-state index in [1.54, 1.807) is 30.3 Å². The molecule has 108 valence electrons. The van der Waals surface area contributed by atoms with Crippen molar-refractivity contribution in [1.29, 1.82) is 0 Å². The average Bonchev–Trinajstić information content (AvgIpc) is 2.43. The number of rotatable bonds is 7. The number of hydrazine groups is 1. The van der Waals surface area contributed by atoms with Gasteiger partial charge in [-0.15, -0.1) is 5.01 Å². The summed E-state index contributed by atoms with van der Waals surface area (Å²) in [6.07, 6.45) is 0. The molecule has 0 radical (unpaired) electrons. The third-order valence-corrected chi connectivity index (χ3v) is 2.04. The van der Waals surface area contributed by atoms with Gasteiger partial charge in [0, 0.05) is 0 Å². The standard InChI is InChI=1S/C11H13N3O6/c1-13(7-10(15)16)14(18)12-20-8-19-11(17)9-5-3-2-4-6-9/h2-6H,7-8H2,1H3,(H,15,16)/b14-12+. The van der Waals surface area contributed by atoms with Gasteiger partial charge in [-0.25, -0.2) is 4.79 Å². The Kier molecular flexibility index (Phi) is 5.75. The molecule has 0 saturated carbocycles. The number of carboxylic acid groups (broad SMARTS) is 1. The van der Waals surface area contributed by atoms with Crippen molar-refractivity contribution in [2.75, 3.05) is 20.4 Å². The Balaban J connectivity index is 2.34. The van der Waals surface area contributed by atoms with Gasteiger partial charge in [-0.1, -0.05) is 18.2 Å². The van der Waals surface area contributed by atoms with Crippen molar-refractivity contribution in [3.05, 3.63) is 41.1 Å². The van der Waals surface area contributed by atoms with Gasteiger partial charge < -0.3 is 19.9 Å². The van der Waals surface area contributed by atoms with Crippen molar-refractivity contribution in [1.82, 2.24) is 5.01 Å². The number of carbonyl (C=O) groups excluding carboxylic acids is 1. The summed E-state index contributed by atoms with van der Waals surface area (Å²) >= 11 is 0. The molecule has 0 bridgehead atoms. The highest BCUT2D eigenvalue weighted by atomic mass is 16.8. The quantitative estimate of drug-likeness (QED) is 0.195. The van der Waals surface area contributed by atoms with Gasteiger partial charge in [0.1, 0.15) is 0 Å². The maximum Gasteiger partial charge on any atom is 0.341 e. The van der Waals surface area contributed by atoms with Crippen LogP contribution in [0.25, 0.3) is 0 Å². The number of likely N-dealkylation sites (N-methyl/N-ethyl adjacent to an activating group) is 1. The molecule has 1 rings (SSSR count). The molecule has 1 aromatic carbocycles. The molecule has 0 amide bonds. The van der Waals surface area contributed by atoms with Crippen molar-refractivity contribution >= 4 is 11.9 Å². The molecule has 20 heavy (non-hydrogen) atoms. The van der Waals surface area contributed by atoms with Gasteiger partial charge in [0.25, 0.3) is 6.79 Å². The van der Waals surface area contributed by atoms with E-state index in [9.17, 15) is 14.8 Å². The second-order valence-electron chi connectivity index (χ2n) is 3.59. The van der Waals surface area contributed by atoms with Crippen LogP contribution in [-0.4, -0.2) is 47.4 Å². The second-order valence-corrected chi connectivity index (χ2v) is 3.59. The van der Waals surface area contributed by atoms with Crippen molar-refractivity contribution < 1.29 is 29.2 Å². The number of esters is 1. The molecule has 0 aromatic heterocycles. The molecule has 9 heteroatoms. The molecule has 0 aliphatic rings. The van der Waals surface area contributed by atoms with Crippen LogP contribution in [0, 0.1) is 5.21 Å². The van der Waals surface area contributed by atoms with Crippen LogP contribution in [0.1, 0.15) is 10.4 Å². The Morgan fingerprint density at radius 1 is 1.40 bits per heavy atom. The highest BCUT2D eigenvalue weighted by Crippen LogP contribution is 2.01. The lowest BCUT2D eigenvalue weighted by Gasteiger charge is -2.09. The minimum absolute atomic E-state index is 0.0650. The Labute approximate surface area is 114 Å². The molecule has 0 spiro atoms. The molecule has 0 saturated heterocycles. The van der Waals surface area contributed by atoms with Crippen LogP contribution >= 0.6 is 0 Å². The molecule has 9 nitrogen and oxygen atoms in total. The first kappa shape index (κ1) is 15.2. The smallest absolute Gasteiger partial charge is 0.341 e. The molecule has 0 heterocycles. The zero-order valence-corrected chi connectivity index (χ0v) is 10.6. The largest absolute Gasteiger partial charge is 0.569 e.